The van der Waals surface area contributed by atoms with Gasteiger partial charge in [0.25, 0.3) is 0 Å². The van der Waals surface area contributed by atoms with Gasteiger partial charge in [-0.25, -0.2) is 8.42 Å². The van der Waals surface area contributed by atoms with Crippen molar-refractivity contribution in [2.24, 2.45) is 11.8 Å². The Hall–Kier alpha value is -4.31. The zero-order chi connectivity index (χ0) is 36.5. The van der Waals surface area contributed by atoms with Crippen molar-refractivity contribution in [3.05, 3.63) is 131 Å². The van der Waals surface area contributed by atoms with Crippen LogP contribution >= 0.6 is 0 Å². The monoisotopic (exact) mass is 710 g/mol. The van der Waals surface area contributed by atoms with Crippen LogP contribution in [0.3, 0.4) is 0 Å². The van der Waals surface area contributed by atoms with E-state index in [0.29, 0.717) is 13.0 Å². The van der Waals surface area contributed by atoms with Crippen molar-refractivity contribution >= 4 is 27.3 Å². The molecular weight excluding hydrogens is 661 g/mol. The fraction of sp³-hybridized carbons (Fsp3) is 0.381. The Morgan fingerprint density at radius 2 is 1.49 bits per heavy atom. The Labute approximate surface area is 303 Å². The van der Waals surface area contributed by atoms with Crippen LogP contribution in [0.25, 0.3) is 0 Å². The number of benzene rings is 4. The molecule has 0 aromatic heterocycles. The van der Waals surface area contributed by atoms with Gasteiger partial charge in [0.15, 0.2) is 11.6 Å². The zero-order valence-electron chi connectivity index (χ0n) is 30.1. The summed E-state index contributed by atoms with van der Waals surface area (Å²) in [6, 6.07) is 32.3. The molecule has 51 heavy (non-hydrogen) atoms. The normalized spacial score (nSPS) is 16.9. The van der Waals surface area contributed by atoms with Crippen molar-refractivity contribution in [2.75, 3.05) is 37.8 Å². The number of anilines is 1. The van der Waals surface area contributed by atoms with Crippen LogP contribution in [0.1, 0.15) is 75.9 Å². The van der Waals surface area contributed by atoms with E-state index >= 15 is 0 Å². The van der Waals surface area contributed by atoms with Crippen molar-refractivity contribution in [3.8, 4) is 5.75 Å². The van der Waals surface area contributed by atoms with Gasteiger partial charge in [0.1, 0.15) is 5.75 Å². The van der Waals surface area contributed by atoms with E-state index in [0.717, 1.165) is 53.4 Å². The third kappa shape index (κ3) is 10.4. The largest absolute Gasteiger partial charge is 0.497 e. The summed E-state index contributed by atoms with van der Waals surface area (Å²) in [5.74, 6) is -0.0960. The van der Waals surface area contributed by atoms with E-state index in [9.17, 15) is 23.1 Å². The van der Waals surface area contributed by atoms with Gasteiger partial charge in [-0.15, -0.1) is 0 Å². The van der Waals surface area contributed by atoms with E-state index in [4.69, 9.17) is 4.74 Å². The Morgan fingerprint density at radius 3 is 2.10 bits per heavy atom. The number of likely N-dealkylation sites (tertiary alicyclic amines) is 1. The maximum atomic E-state index is 14.2. The Balaban J connectivity index is 1.39. The van der Waals surface area contributed by atoms with Crippen LogP contribution in [0.5, 0.6) is 5.75 Å². The highest BCUT2D eigenvalue weighted by Gasteiger charge is 2.33. The van der Waals surface area contributed by atoms with Crippen molar-refractivity contribution in [1.29, 1.82) is 0 Å². The summed E-state index contributed by atoms with van der Waals surface area (Å²) in [5, 5.41) is 12.0. The molecule has 0 bridgehead atoms. The molecule has 0 saturated carbocycles. The topological polar surface area (TPSA) is 104 Å². The molecule has 1 saturated heterocycles. The second-order valence-electron chi connectivity index (χ2n) is 14.0. The van der Waals surface area contributed by atoms with E-state index < -0.39 is 16.1 Å². The number of aliphatic hydroxyl groups excluding tert-OH is 1. The number of hydrogen-bond acceptors (Lipinski definition) is 7. The third-order valence-corrected chi connectivity index (χ3v) is 11.4. The molecule has 4 aromatic carbocycles. The van der Waals surface area contributed by atoms with Gasteiger partial charge in [-0.1, -0.05) is 79.7 Å². The van der Waals surface area contributed by atoms with E-state index in [1.54, 1.807) is 25.3 Å². The number of piperidine rings is 1. The van der Waals surface area contributed by atoms with Gasteiger partial charge < -0.3 is 9.84 Å². The minimum absolute atomic E-state index is 0.0298. The highest BCUT2D eigenvalue weighted by Crippen LogP contribution is 2.32. The highest BCUT2D eigenvalue weighted by atomic mass is 32.2. The van der Waals surface area contributed by atoms with Crippen LogP contribution < -0.4 is 9.04 Å². The molecule has 4 aromatic rings. The molecule has 9 heteroatoms. The number of methoxy groups -OCH3 is 1. The molecule has 5 rings (SSSR count). The highest BCUT2D eigenvalue weighted by molar-refractivity contribution is 7.92. The average molecular weight is 711 g/mol. The van der Waals surface area contributed by atoms with Crippen LogP contribution in [-0.4, -0.2) is 69.6 Å². The van der Waals surface area contributed by atoms with Gasteiger partial charge in [0.2, 0.25) is 10.0 Å². The molecule has 0 radical (unpaired) electrons. The zero-order valence-corrected chi connectivity index (χ0v) is 30.9. The Morgan fingerprint density at radius 1 is 0.882 bits per heavy atom. The molecule has 0 aliphatic carbocycles. The first-order valence-corrected chi connectivity index (χ1v) is 19.5. The van der Waals surface area contributed by atoms with Crippen molar-refractivity contribution in [1.82, 2.24) is 4.90 Å². The molecule has 1 fully saturated rings. The summed E-state index contributed by atoms with van der Waals surface area (Å²) in [7, 11) is -0.599. The third-order valence-electron chi connectivity index (χ3n) is 10.1. The minimum Gasteiger partial charge on any atom is -0.497 e. The molecule has 0 amide bonds. The van der Waals surface area contributed by atoms with Gasteiger partial charge in [0.05, 0.1) is 25.2 Å². The maximum Gasteiger partial charge on any atom is 0.231 e. The molecule has 8 nitrogen and oxygen atoms in total. The standard InChI is InChI=1S/C42H50N2O6S/c1-30(33-14-9-6-10-15-33)22-40(45)35-24-36(26-38(25-35)43(2)51(4,48)49)41(46)27-37(23-31-12-7-5-8-13-31)42(47)34-16-11-21-44(29-34)28-32-17-19-39(50-3)20-18-32/h5-10,12-15,17-20,24-26,30,34,37,42,47H,11,16,21-23,27-29H2,1-4H3/t30-,34+,37+,42+/m0/s1. The number of carbonyl (C=O) groups is 2. The summed E-state index contributed by atoms with van der Waals surface area (Å²) in [6.07, 6.45) is 2.89. The van der Waals surface area contributed by atoms with Gasteiger partial charge in [-0.05, 0) is 90.6 Å². The predicted octanol–water partition coefficient (Wildman–Crippen LogP) is 7.17. The molecule has 0 spiro atoms. The number of rotatable bonds is 16. The van der Waals surface area contributed by atoms with Crippen molar-refractivity contribution < 1.29 is 27.9 Å². The molecule has 1 N–H and O–H groups in total. The van der Waals surface area contributed by atoms with E-state index in [1.807, 2.05) is 79.7 Å². The molecule has 0 unspecified atom stereocenters. The summed E-state index contributed by atoms with van der Waals surface area (Å²) in [4.78, 5) is 30.3. The lowest BCUT2D eigenvalue weighted by Gasteiger charge is -2.38. The summed E-state index contributed by atoms with van der Waals surface area (Å²) >= 11 is 0. The van der Waals surface area contributed by atoms with Crippen LogP contribution in [0.4, 0.5) is 5.69 Å². The number of nitrogens with zero attached hydrogens (tertiary/aromatic N) is 2. The number of aliphatic hydroxyl groups is 1. The average Bonchev–Trinajstić information content (AvgIpc) is 3.14. The molecule has 270 valence electrons. The molecule has 1 aliphatic heterocycles. The molecule has 1 aliphatic rings. The lowest BCUT2D eigenvalue weighted by Crippen LogP contribution is -2.43. The summed E-state index contributed by atoms with van der Waals surface area (Å²) < 4.78 is 31.6. The van der Waals surface area contributed by atoms with Crippen molar-refractivity contribution in [3.63, 3.8) is 0 Å². The van der Waals surface area contributed by atoms with Crippen LogP contribution in [0.15, 0.2) is 103 Å². The van der Waals surface area contributed by atoms with Gasteiger partial charge in [-0.3, -0.25) is 18.8 Å². The van der Waals surface area contributed by atoms with E-state index in [1.165, 1.54) is 12.6 Å². The smallest absolute Gasteiger partial charge is 0.231 e. The number of sulfonamides is 1. The fourth-order valence-electron chi connectivity index (χ4n) is 7.08. The van der Waals surface area contributed by atoms with E-state index in [2.05, 4.69) is 17.0 Å². The second-order valence-corrected chi connectivity index (χ2v) is 16.0. The van der Waals surface area contributed by atoms with Gasteiger partial charge in [-0.2, -0.15) is 0 Å². The fourth-order valence-corrected chi connectivity index (χ4v) is 7.56. The van der Waals surface area contributed by atoms with Gasteiger partial charge >= 0.3 is 0 Å². The maximum absolute atomic E-state index is 14.2. The first kappa shape index (κ1) is 37.9. The molecule has 1 heterocycles. The lowest BCUT2D eigenvalue weighted by molar-refractivity contribution is 0.00759. The van der Waals surface area contributed by atoms with Gasteiger partial charge in [0, 0.05) is 44.1 Å². The molecule has 4 atom stereocenters. The van der Waals surface area contributed by atoms with E-state index in [-0.39, 0.29) is 59.0 Å². The number of hydrogen-bond donors (Lipinski definition) is 1. The predicted molar refractivity (Wildman–Crippen MR) is 203 cm³/mol. The first-order chi connectivity index (χ1) is 24.4. The number of ether oxygens (including phenoxy) is 1. The van der Waals surface area contributed by atoms with Crippen LogP contribution in [0.2, 0.25) is 0 Å². The number of carbonyl (C=O) groups excluding carboxylic acids is 2. The lowest BCUT2D eigenvalue weighted by atomic mass is 9.79. The first-order valence-electron chi connectivity index (χ1n) is 17.7. The minimum atomic E-state index is -3.67. The second kappa shape index (κ2) is 17.3. The Kier molecular flexibility index (Phi) is 12.8. The van der Waals surface area contributed by atoms with Crippen LogP contribution in [-0.2, 0) is 23.0 Å². The number of Topliss-reactive ketones (excluding diaryl/α,β-unsaturated/α-hetero) is 2. The quantitative estimate of drug-likeness (QED) is 0.123. The molecular formula is C42H50N2O6S. The Bertz CT molecular complexity index is 1860. The van der Waals surface area contributed by atoms with Crippen LogP contribution in [0, 0.1) is 11.8 Å². The summed E-state index contributed by atoms with van der Waals surface area (Å²) in [5.41, 5.74) is 4.01. The van der Waals surface area contributed by atoms with Crippen molar-refractivity contribution in [2.45, 2.75) is 57.6 Å². The summed E-state index contributed by atoms with van der Waals surface area (Å²) in [6.45, 7) is 4.37. The SMILES string of the molecule is COc1ccc(CN2CCC[C@@H]([C@@H](O)[C@@H](CC(=O)c3cc(C(=O)C[C@H](C)c4ccccc4)cc(N(C)S(C)(=O)=O)c3)Cc3ccccc3)C2)cc1. The number of ketones is 2.